The van der Waals surface area contributed by atoms with Crippen molar-refractivity contribution < 1.29 is 4.74 Å². The van der Waals surface area contributed by atoms with E-state index in [1.165, 1.54) is 6.42 Å². The lowest BCUT2D eigenvalue weighted by molar-refractivity contribution is 0.253. The minimum Gasteiger partial charge on any atom is -0.464 e. The molecule has 2 atom stereocenters. The SMILES string of the molecule is CCCn1c(OCC2CC2C)nc2ccc(Br)cc2c1=O. The van der Waals surface area contributed by atoms with Crippen LogP contribution in [0.4, 0.5) is 0 Å². The van der Waals surface area contributed by atoms with Gasteiger partial charge in [-0.25, -0.2) is 0 Å². The van der Waals surface area contributed by atoms with E-state index in [1.54, 1.807) is 4.57 Å². The molecule has 1 fully saturated rings. The van der Waals surface area contributed by atoms with Crippen LogP contribution < -0.4 is 10.3 Å². The normalized spacial score (nSPS) is 20.7. The summed E-state index contributed by atoms with van der Waals surface area (Å²) in [5.74, 6) is 1.34. The van der Waals surface area contributed by atoms with Crippen LogP contribution in [0.15, 0.2) is 27.5 Å². The molecule has 0 N–H and O–H groups in total. The van der Waals surface area contributed by atoms with Crippen molar-refractivity contribution in [1.29, 1.82) is 0 Å². The largest absolute Gasteiger partial charge is 0.464 e. The third-order valence-electron chi connectivity index (χ3n) is 4.03. The Balaban J connectivity index is 2.02. The summed E-state index contributed by atoms with van der Waals surface area (Å²) < 4.78 is 8.38. The third kappa shape index (κ3) is 2.98. The van der Waals surface area contributed by atoms with Crippen LogP contribution in [-0.2, 0) is 6.54 Å². The smallest absolute Gasteiger partial charge is 0.299 e. The van der Waals surface area contributed by atoms with Gasteiger partial charge in [-0.05, 0) is 42.9 Å². The minimum absolute atomic E-state index is 0.0259. The molecule has 0 bridgehead atoms. The van der Waals surface area contributed by atoms with Gasteiger partial charge in [0, 0.05) is 11.0 Å². The molecule has 1 aromatic carbocycles. The zero-order valence-electron chi connectivity index (χ0n) is 12.3. The highest BCUT2D eigenvalue weighted by Crippen LogP contribution is 2.37. The quantitative estimate of drug-likeness (QED) is 0.827. The van der Waals surface area contributed by atoms with Gasteiger partial charge in [0.15, 0.2) is 0 Å². The maximum absolute atomic E-state index is 12.6. The van der Waals surface area contributed by atoms with Gasteiger partial charge < -0.3 is 4.74 Å². The predicted molar refractivity (Wildman–Crippen MR) is 86.8 cm³/mol. The molecule has 0 spiro atoms. The van der Waals surface area contributed by atoms with Crippen LogP contribution in [0.1, 0.15) is 26.7 Å². The van der Waals surface area contributed by atoms with E-state index in [1.807, 2.05) is 25.1 Å². The van der Waals surface area contributed by atoms with Crippen molar-refractivity contribution in [2.75, 3.05) is 6.61 Å². The summed E-state index contributed by atoms with van der Waals surface area (Å²) in [5.41, 5.74) is 0.663. The number of halogens is 1. The summed E-state index contributed by atoms with van der Waals surface area (Å²) in [7, 11) is 0. The van der Waals surface area contributed by atoms with Crippen molar-refractivity contribution in [1.82, 2.24) is 9.55 Å². The van der Waals surface area contributed by atoms with E-state index < -0.39 is 0 Å². The van der Waals surface area contributed by atoms with Crippen LogP contribution in [-0.4, -0.2) is 16.2 Å². The molecule has 0 saturated heterocycles. The molecule has 1 aromatic heterocycles. The summed E-state index contributed by atoms with van der Waals surface area (Å²) in [5, 5.41) is 0.630. The van der Waals surface area contributed by atoms with Crippen molar-refractivity contribution in [3.8, 4) is 6.01 Å². The molecule has 5 heteroatoms. The van der Waals surface area contributed by atoms with Crippen LogP contribution in [0.2, 0.25) is 0 Å². The first-order valence-electron chi connectivity index (χ1n) is 7.43. The van der Waals surface area contributed by atoms with Gasteiger partial charge in [0.1, 0.15) is 0 Å². The highest BCUT2D eigenvalue weighted by molar-refractivity contribution is 9.10. The number of hydrogen-bond acceptors (Lipinski definition) is 3. The number of benzene rings is 1. The molecule has 21 heavy (non-hydrogen) atoms. The average Bonchev–Trinajstić information content (AvgIpc) is 3.17. The average molecular weight is 351 g/mol. The third-order valence-corrected chi connectivity index (χ3v) is 4.52. The second-order valence-electron chi connectivity index (χ2n) is 5.80. The van der Waals surface area contributed by atoms with Gasteiger partial charge >= 0.3 is 0 Å². The van der Waals surface area contributed by atoms with Crippen LogP contribution in [0.5, 0.6) is 6.01 Å². The van der Waals surface area contributed by atoms with Gasteiger partial charge in [-0.1, -0.05) is 29.8 Å². The summed E-state index contributed by atoms with van der Waals surface area (Å²) >= 11 is 3.41. The molecule has 1 saturated carbocycles. The lowest BCUT2D eigenvalue weighted by Crippen LogP contribution is -2.24. The molecule has 4 nitrogen and oxygen atoms in total. The maximum Gasteiger partial charge on any atom is 0.299 e. The Kier molecular flexibility index (Phi) is 4.02. The number of aromatic nitrogens is 2. The summed E-state index contributed by atoms with van der Waals surface area (Å²) in [6, 6.07) is 6.02. The zero-order valence-corrected chi connectivity index (χ0v) is 13.9. The Morgan fingerprint density at radius 1 is 1.48 bits per heavy atom. The fraction of sp³-hybridized carbons (Fsp3) is 0.500. The highest BCUT2D eigenvalue weighted by Gasteiger charge is 2.33. The Bertz CT molecular complexity index is 726. The molecular formula is C16H19BrN2O2. The summed E-state index contributed by atoms with van der Waals surface area (Å²) in [4.78, 5) is 17.2. The Hall–Kier alpha value is -1.36. The topological polar surface area (TPSA) is 44.1 Å². The fourth-order valence-electron chi connectivity index (χ4n) is 2.52. The molecule has 1 heterocycles. The van der Waals surface area contributed by atoms with E-state index in [4.69, 9.17) is 4.74 Å². The van der Waals surface area contributed by atoms with Gasteiger partial charge in [-0.3, -0.25) is 9.36 Å². The standard InChI is InChI=1S/C16H19BrN2O2/c1-3-6-19-15(20)13-8-12(17)4-5-14(13)18-16(19)21-9-11-7-10(11)2/h4-5,8,10-11H,3,6-7,9H2,1-2H3. The van der Waals surface area contributed by atoms with Gasteiger partial charge in [0.25, 0.3) is 11.6 Å². The lowest BCUT2D eigenvalue weighted by atomic mass is 10.2. The van der Waals surface area contributed by atoms with Gasteiger partial charge in [0.05, 0.1) is 17.5 Å². The van der Waals surface area contributed by atoms with Crippen LogP contribution >= 0.6 is 15.9 Å². The van der Waals surface area contributed by atoms with Crippen molar-refractivity contribution >= 4 is 26.8 Å². The first-order chi connectivity index (χ1) is 10.1. The fourth-order valence-corrected chi connectivity index (χ4v) is 2.88. The molecular weight excluding hydrogens is 332 g/mol. The molecule has 3 rings (SSSR count). The number of hydrogen-bond donors (Lipinski definition) is 0. The van der Waals surface area contributed by atoms with Crippen molar-refractivity contribution in [2.24, 2.45) is 11.8 Å². The minimum atomic E-state index is -0.0259. The number of fused-ring (bicyclic) bond motifs is 1. The van der Waals surface area contributed by atoms with Crippen LogP contribution in [0, 0.1) is 11.8 Å². The molecule has 1 aliphatic carbocycles. The van der Waals surface area contributed by atoms with Crippen molar-refractivity contribution in [2.45, 2.75) is 33.2 Å². The monoisotopic (exact) mass is 350 g/mol. The summed E-state index contributed by atoms with van der Waals surface area (Å²) in [6.07, 6.45) is 2.08. The molecule has 0 aliphatic heterocycles. The van der Waals surface area contributed by atoms with Crippen molar-refractivity contribution in [3.05, 3.63) is 33.0 Å². The van der Waals surface area contributed by atoms with Crippen LogP contribution in [0.25, 0.3) is 10.9 Å². The first-order valence-corrected chi connectivity index (χ1v) is 8.22. The molecule has 1 aliphatic rings. The van der Waals surface area contributed by atoms with E-state index in [0.29, 0.717) is 36.0 Å². The van der Waals surface area contributed by atoms with E-state index >= 15 is 0 Å². The Morgan fingerprint density at radius 3 is 2.90 bits per heavy atom. The summed E-state index contributed by atoms with van der Waals surface area (Å²) in [6.45, 7) is 5.55. The van der Waals surface area contributed by atoms with E-state index in [2.05, 4.69) is 27.8 Å². The Labute approximate surface area is 132 Å². The molecule has 2 aromatic rings. The molecule has 112 valence electrons. The van der Waals surface area contributed by atoms with Gasteiger partial charge in [-0.2, -0.15) is 4.98 Å². The van der Waals surface area contributed by atoms with Gasteiger partial charge in [-0.15, -0.1) is 0 Å². The molecule has 2 unspecified atom stereocenters. The number of ether oxygens (including phenoxy) is 1. The number of rotatable bonds is 5. The van der Waals surface area contributed by atoms with E-state index in [-0.39, 0.29) is 5.56 Å². The lowest BCUT2D eigenvalue weighted by Gasteiger charge is -2.13. The Morgan fingerprint density at radius 2 is 2.24 bits per heavy atom. The highest BCUT2D eigenvalue weighted by atomic mass is 79.9. The van der Waals surface area contributed by atoms with E-state index in [0.717, 1.165) is 16.8 Å². The number of nitrogens with zero attached hydrogens (tertiary/aromatic N) is 2. The molecule has 0 radical (unpaired) electrons. The second-order valence-corrected chi connectivity index (χ2v) is 6.71. The predicted octanol–water partition coefficient (Wildman–Crippen LogP) is 3.60. The molecule has 0 amide bonds. The van der Waals surface area contributed by atoms with Gasteiger partial charge in [0.2, 0.25) is 0 Å². The first kappa shape index (κ1) is 14.6. The van der Waals surface area contributed by atoms with Crippen molar-refractivity contribution in [3.63, 3.8) is 0 Å². The second kappa shape index (κ2) is 5.79. The maximum atomic E-state index is 12.6. The van der Waals surface area contributed by atoms with Crippen LogP contribution in [0.3, 0.4) is 0 Å². The zero-order chi connectivity index (χ0) is 15.0. The van der Waals surface area contributed by atoms with E-state index in [9.17, 15) is 4.79 Å².